The largest absolute Gasteiger partial charge is 0.459 e. The molecule has 0 radical (unpaired) electrons. The van der Waals surface area contributed by atoms with Crippen LogP contribution in [0.2, 0.25) is 0 Å². The van der Waals surface area contributed by atoms with E-state index < -0.39 is 5.91 Å². The van der Waals surface area contributed by atoms with Crippen LogP contribution < -0.4 is 5.56 Å². The molecule has 0 unspecified atom stereocenters. The van der Waals surface area contributed by atoms with E-state index in [2.05, 4.69) is 0 Å². The van der Waals surface area contributed by atoms with Crippen LogP contribution in [-0.2, 0) is 0 Å². The smallest absolute Gasteiger partial charge is 0.301 e. The highest BCUT2D eigenvalue weighted by Gasteiger charge is 2.18. The molecule has 0 N–H and O–H groups in total. The fourth-order valence-electron chi connectivity index (χ4n) is 2.74. The monoisotopic (exact) mass is 289 g/mol. The summed E-state index contributed by atoms with van der Waals surface area (Å²) in [7, 11) is 0. The molecule has 0 atom stereocenters. The first-order chi connectivity index (χ1) is 10.8. The number of aromatic nitrogens is 1. The first-order valence-corrected chi connectivity index (χ1v) is 6.88. The van der Waals surface area contributed by atoms with Crippen LogP contribution in [0.25, 0.3) is 21.7 Å². The zero-order chi connectivity index (χ0) is 15.1. The molecule has 106 valence electrons. The zero-order valence-electron chi connectivity index (χ0n) is 11.5. The minimum absolute atomic E-state index is 0.141. The van der Waals surface area contributed by atoms with E-state index in [4.69, 9.17) is 4.42 Å². The van der Waals surface area contributed by atoms with Gasteiger partial charge in [-0.25, -0.2) is 4.57 Å². The predicted molar refractivity (Wildman–Crippen MR) is 84.2 cm³/mol. The van der Waals surface area contributed by atoms with Gasteiger partial charge in [-0.1, -0.05) is 36.4 Å². The van der Waals surface area contributed by atoms with Crippen LogP contribution in [-0.4, -0.2) is 10.5 Å². The van der Waals surface area contributed by atoms with E-state index in [0.29, 0.717) is 10.9 Å². The Labute approximate surface area is 125 Å². The summed E-state index contributed by atoms with van der Waals surface area (Å²) in [6.45, 7) is 0. The van der Waals surface area contributed by atoms with Gasteiger partial charge >= 0.3 is 5.91 Å². The summed E-state index contributed by atoms with van der Waals surface area (Å²) in [5, 5.41) is 2.21. The molecular formula is C18H11NO3. The van der Waals surface area contributed by atoms with Crippen molar-refractivity contribution >= 4 is 27.6 Å². The lowest BCUT2D eigenvalue weighted by Gasteiger charge is -2.10. The SMILES string of the molecule is O=C(c1ccco1)n1c(=O)c2ccccc2c2ccccc21. The highest BCUT2D eigenvalue weighted by atomic mass is 16.3. The summed E-state index contributed by atoms with van der Waals surface area (Å²) in [6, 6.07) is 17.8. The van der Waals surface area contributed by atoms with E-state index in [1.807, 2.05) is 30.3 Å². The van der Waals surface area contributed by atoms with Crippen molar-refractivity contribution in [1.82, 2.24) is 4.57 Å². The maximum atomic E-state index is 12.8. The fraction of sp³-hybridized carbons (Fsp3) is 0. The molecule has 0 bridgehead atoms. The molecule has 0 saturated heterocycles. The summed E-state index contributed by atoms with van der Waals surface area (Å²) < 4.78 is 6.33. The van der Waals surface area contributed by atoms with Crippen LogP contribution in [0.4, 0.5) is 0 Å². The van der Waals surface area contributed by atoms with Gasteiger partial charge in [-0.3, -0.25) is 9.59 Å². The van der Waals surface area contributed by atoms with E-state index >= 15 is 0 Å². The molecule has 2 aromatic carbocycles. The number of nitrogens with zero attached hydrogens (tertiary/aromatic N) is 1. The van der Waals surface area contributed by atoms with E-state index in [1.165, 1.54) is 10.8 Å². The third-order valence-electron chi connectivity index (χ3n) is 3.73. The Bertz CT molecular complexity index is 1060. The Hall–Kier alpha value is -3.14. The van der Waals surface area contributed by atoms with Gasteiger partial charge in [-0.2, -0.15) is 0 Å². The number of para-hydroxylation sites is 1. The van der Waals surface area contributed by atoms with Crippen molar-refractivity contribution in [2.75, 3.05) is 0 Å². The summed E-state index contributed by atoms with van der Waals surface area (Å²) >= 11 is 0. The lowest BCUT2D eigenvalue weighted by Crippen LogP contribution is -2.27. The summed E-state index contributed by atoms with van der Waals surface area (Å²) in [4.78, 5) is 25.4. The highest BCUT2D eigenvalue weighted by molar-refractivity contribution is 6.10. The molecule has 0 fully saturated rings. The van der Waals surface area contributed by atoms with Gasteiger partial charge in [0.25, 0.3) is 5.56 Å². The highest BCUT2D eigenvalue weighted by Crippen LogP contribution is 2.23. The van der Waals surface area contributed by atoms with Gasteiger partial charge in [0.2, 0.25) is 0 Å². The second-order valence-electron chi connectivity index (χ2n) is 4.99. The van der Waals surface area contributed by atoms with Crippen LogP contribution in [0.5, 0.6) is 0 Å². The van der Waals surface area contributed by atoms with Crippen molar-refractivity contribution < 1.29 is 9.21 Å². The van der Waals surface area contributed by atoms with Gasteiger partial charge in [0.1, 0.15) is 0 Å². The molecular weight excluding hydrogens is 278 g/mol. The lowest BCUT2D eigenvalue weighted by molar-refractivity contribution is 0.0934. The number of carbonyl (C=O) groups is 1. The number of furan rings is 1. The number of carbonyl (C=O) groups excluding carboxylic acids is 1. The van der Waals surface area contributed by atoms with Crippen LogP contribution in [0, 0.1) is 0 Å². The fourth-order valence-corrected chi connectivity index (χ4v) is 2.74. The Morgan fingerprint density at radius 3 is 2.23 bits per heavy atom. The quantitative estimate of drug-likeness (QED) is 0.504. The van der Waals surface area contributed by atoms with Gasteiger partial charge in [-0.05, 0) is 29.7 Å². The Morgan fingerprint density at radius 1 is 0.818 bits per heavy atom. The second-order valence-corrected chi connectivity index (χ2v) is 4.99. The van der Waals surface area contributed by atoms with E-state index in [-0.39, 0.29) is 11.3 Å². The number of pyridine rings is 1. The number of hydrogen-bond donors (Lipinski definition) is 0. The Balaban J connectivity index is 2.19. The van der Waals surface area contributed by atoms with Crippen molar-refractivity contribution in [2.24, 2.45) is 0 Å². The van der Waals surface area contributed by atoms with Gasteiger partial charge < -0.3 is 4.42 Å². The number of hydrogen-bond acceptors (Lipinski definition) is 3. The van der Waals surface area contributed by atoms with Gasteiger partial charge in [0.15, 0.2) is 5.76 Å². The number of fused-ring (bicyclic) bond motifs is 3. The molecule has 4 rings (SSSR count). The Morgan fingerprint density at radius 2 is 1.50 bits per heavy atom. The molecule has 4 heteroatoms. The second kappa shape index (κ2) is 4.70. The molecule has 0 amide bonds. The average Bonchev–Trinajstić information content (AvgIpc) is 3.09. The maximum Gasteiger partial charge on any atom is 0.301 e. The normalized spacial score (nSPS) is 11.1. The summed E-state index contributed by atoms with van der Waals surface area (Å²) in [5.74, 6) is -0.320. The number of benzene rings is 2. The minimum atomic E-state index is -0.461. The van der Waals surface area contributed by atoms with Crippen molar-refractivity contribution in [3.63, 3.8) is 0 Å². The zero-order valence-corrected chi connectivity index (χ0v) is 11.5. The maximum absolute atomic E-state index is 12.8. The minimum Gasteiger partial charge on any atom is -0.459 e. The third kappa shape index (κ3) is 1.71. The van der Waals surface area contributed by atoms with Crippen molar-refractivity contribution in [3.05, 3.63) is 83.0 Å². The Kier molecular flexibility index (Phi) is 2.69. The van der Waals surface area contributed by atoms with Gasteiger partial charge in [0.05, 0.1) is 11.8 Å². The van der Waals surface area contributed by atoms with Crippen LogP contribution >= 0.6 is 0 Å². The number of rotatable bonds is 1. The van der Waals surface area contributed by atoms with Gasteiger partial charge in [-0.15, -0.1) is 0 Å². The van der Waals surface area contributed by atoms with Crippen molar-refractivity contribution in [2.45, 2.75) is 0 Å². The molecule has 2 aromatic heterocycles. The van der Waals surface area contributed by atoms with Crippen LogP contribution in [0.15, 0.2) is 76.1 Å². The van der Waals surface area contributed by atoms with Crippen molar-refractivity contribution in [3.8, 4) is 0 Å². The van der Waals surface area contributed by atoms with Crippen molar-refractivity contribution in [1.29, 1.82) is 0 Å². The topological polar surface area (TPSA) is 52.2 Å². The molecule has 0 saturated carbocycles. The third-order valence-corrected chi connectivity index (χ3v) is 3.73. The van der Waals surface area contributed by atoms with Gasteiger partial charge in [0, 0.05) is 10.8 Å². The molecule has 0 spiro atoms. The van der Waals surface area contributed by atoms with E-state index in [1.54, 1.807) is 30.3 Å². The molecule has 2 heterocycles. The lowest BCUT2D eigenvalue weighted by atomic mass is 10.1. The first kappa shape index (κ1) is 12.6. The standard InChI is InChI=1S/C18H11NO3/c20-17-14-8-2-1-6-12(14)13-7-3-4-9-15(13)19(17)18(21)16-10-5-11-22-16/h1-11H. The molecule has 0 aliphatic carbocycles. The van der Waals surface area contributed by atoms with Crippen LogP contribution in [0.3, 0.4) is 0 Å². The molecule has 0 aliphatic rings. The molecule has 4 nitrogen and oxygen atoms in total. The summed E-state index contributed by atoms with van der Waals surface area (Å²) in [6.07, 6.45) is 1.42. The molecule has 0 aliphatic heterocycles. The van der Waals surface area contributed by atoms with E-state index in [9.17, 15) is 9.59 Å². The predicted octanol–water partition coefficient (Wildman–Crippen LogP) is 3.44. The van der Waals surface area contributed by atoms with E-state index in [0.717, 1.165) is 10.8 Å². The average molecular weight is 289 g/mol. The molecule has 22 heavy (non-hydrogen) atoms. The van der Waals surface area contributed by atoms with Crippen LogP contribution in [0.1, 0.15) is 10.6 Å². The first-order valence-electron chi connectivity index (χ1n) is 6.88. The molecule has 4 aromatic rings. The summed E-state index contributed by atoms with van der Waals surface area (Å²) in [5.41, 5.74) is 0.239.